The van der Waals surface area contributed by atoms with E-state index in [9.17, 15) is 0 Å². The average Bonchev–Trinajstić information content (AvgIpc) is 2.84. The van der Waals surface area contributed by atoms with E-state index >= 15 is 0 Å². The molecular formula is C14H20N2S. The van der Waals surface area contributed by atoms with Crippen molar-refractivity contribution >= 4 is 11.3 Å². The second-order valence-electron chi connectivity index (χ2n) is 4.90. The second-order valence-corrected chi connectivity index (χ2v) is 6.06. The highest BCUT2D eigenvalue weighted by molar-refractivity contribution is 7.12. The van der Waals surface area contributed by atoms with Crippen LogP contribution < -0.4 is 5.32 Å². The minimum atomic E-state index is 0.682. The Bertz CT molecular complexity index is 391. The van der Waals surface area contributed by atoms with Crippen molar-refractivity contribution in [2.75, 3.05) is 0 Å². The van der Waals surface area contributed by atoms with Gasteiger partial charge in [0.15, 0.2) is 0 Å². The Morgan fingerprint density at radius 2 is 2.35 bits per heavy atom. The van der Waals surface area contributed by atoms with Crippen molar-refractivity contribution in [2.24, 2.45) is 5.92 Å². The molecule has 1 fully saturated rings. The van der Waals surface area contributed by atoms with Gasteiger partial charge in [0.2, 0.25) is 0 Å². The highest BCUT2D eigenvalue weighted by Gasteiger charge is 2.20. The fourth-order valence-electron chi connectivity index (χ4n) is 2.63. The molecule has 0 saturated heterocycles. The van der Waals surface area contributed by atoms with Crippen molar-refractivity contribution in [3.05, 3.63) is 21.9 Å². The van der Waals surface area contributed by atoms with E-state index in [2.05, 4.69) is 24.4 Å². The molecular weight excluding hydrogens is 228 g/mol. The van der Waals surface area contributed by atoms with Gasteiger partial charge >= 0.3 is 0 Å². The van der Waals surface area contributed by atoms with Crippen LogP contribution in [0.4, 0.5) is 0 Å². The first kappa shape index (κ1) is 12.6. The summed E-state index contributed by atoms with van der Waals surface area (Å²) in [6.07, 6.45) is 6.73. The number of rotatable bonds is 4. The molecule has 0 spiro atoms. The van der Waals surface area contributed by atoms with E-state index in [0.717, 1.165) is 17.3 Å². The van der Waals surface area contributed by atoms with Crippen molar-refractivity contribution < 1.29 is 0 Å². The number of thiophene rings is 1. The SMILES string of the molecule is CCC1CCCC(NCc2ccc(C#N)s2)C1. The first-order chi connectivity index (χ1) is 8.31. The maximum absolute atomic E-state index is 8.77. The van der Waals surface area contributed by atoms with Crippen molar-refractivity contribution in [2.45, 2.75) is 51.6 Å². The molecule has 1 N–H and O–H groups in total. The molecule has 2 unspecified atom stereocenters. The van der Waals surface area contributed by atoms with Crippen molar-refractivity contribution in [3.63, 3.8) is 0 Å². The number of nitrogens with one attached hydrogen (secondary N) is 1. The molecule has 1 heterocycles. The zero-order valence-corrected chi connectivity index (χ0v) is 11.2. The van der Waals surface area contributed by atoms with Gasteiger partial charge in [0.05, 0.1) is 0 Å². The topological polar surface area (TPSA) is 35.8 Å². The fourth-order valence-corrected chi connectivity index (χ4v) is 3.38. The first-order valence-corrected chi connectivity index (χ1v) is 7.35. The number of nitrogens with zero attached hydrogens (tertiary/aromatic N) is 1. The lowest BCUT2D eigenvalue weighted by molar-refractivity contribution is 0.279. The van der Waals surface area contributed by atoms with Gasteiger partial charge in [-0.1, -0.05) is 26.2 Å². The fraction of sp³-hybridized carbons (Fsp3) is 0.643. The molecule has 1 saturated carbocycles. The van der Waals surface area contributed by atoms with E-state index in [1.807, 2.05) is 6.07 Å². The molecule has 0 aliphatic heterocycles. The van der Waals surface area contributed by atoms with Crippen LogP contribution in [-0.4, -0.2) is 6.04 Å². The summed E-state index contributed by atoms with van der Waals surface area (Å²) < 4.78 is 0. The summed E-state index contributed by atoms with van der Waals surface area (Å²) in [5.74, 6) is 0.916. The summed E-state index contributed by atoms with van der Waals surface area (Å²) in [4.78, 5) is 2.09. The van der Waals surface area contributed by atoms with Gasteiger partial charge in [-0.3, -0.25) is 0 Å². The Morgan fingerprint density at radius 3 is 3.06 bits per heavy atom. The van der Waals surface area contributed by atoms with Gasteiger partial charge in [-0.25, -0.2) is 0 Å². The van der Waals surface area contributed by atoms with Crippen molar-refractivity contribution in [3.8, 4) is 6.07 Å². The van der Waals surface area contributed by atoms with Crippen LogP contribution in [0.5, 0.6) is 0 Å². The molecule has 92 valence electrons. The molecule has 3 heteroatoms. The highest BCUT2D eigenvalue weighted by Crippen LogP contribution is 2.27. The van der Waals surface area contributed by atoms with E-state index in [1.54, 1.807) is 11.3 Å². The van der Waals surface area contributed by atoms with Gasteiger partial charge in [-0.05, 0) is 30.9 Å². The van der Waals surface area contributed by atoms with Crippen LogP contribution >= 0.6 is 11.3 Å². The lowest BCUT2D eigenvalue weighted by atomic mass is 9.84. The Hall–Kier alpha value is -0.850. The van der Waals surface area contributed by atoms with Crippen LogP contribution in [0.15, 0.2) is 12.1 Å². The van der Waals surface area contributed by atoms with Gasteiger partial charge in [-0.15, -0.1) is 11.3 Å². The summed E-state index contributed by atoms with van der Waals surface area (Å²) in [7, 11) is 0. The molecule has 0 amide bonds. The lowest BCUT2D eigenvalue weighted by Crippen LogP contribution is -2.33. The van der Waals surface area contributed by atoms with Crippen molar-refractivity contribution in [1.29, 1.82) is 5.26 Å². The number of nitriles is 1. The molecule has 2 nitrogen and oxygen atoms in total. The van der Waals surface area contributed by atoms with Crippen molar-refractivity contribution in [1.82, 2.24) is 5.32 Å². The maximum atomic E-state index is 8.77. The maximum Gasteiger partial charge on any atom is 0.110 e. The molecule has 1 aliphatic carbocycles. The quantitative estimate of drug-likeness (QED) is 0.882. The van der Waals surface area contributed by atoms with E-state index < -0.39 is 0 Å². The summed E-state index contributed by atoms with van der Waals surface area (Å²) >= 11 is 1.60. The lowest BCUT2D eigenvalue weighted by Gasteiger charge is -2.29. The third-order valence-electron chi connectivity index (χ3n) is 3.70. The Morgan fingerprint density at radius 1 is 1.47 bits per heavy atom. The molecule has 1 aromatic heterocycles. The molecule has 17 heavy (non-hydrogen) atoms. The van der Waals surface area contributed by atoms with Crippen LogP contribution in [0.3, 0.4) is 0 Å². The molecule has 0 bridgehead atoms. The Balaban J connectivity index is 1.79. The third-order valence-corrected chi connectivity index (χ3v) is 4.69. The van der Waals surface area contributed by atoms with Crippen LogP contribution in [-0.2, 0) is 6.54 Å². The second kappa shape index (κ2) is 6.18. The number of hydrogen-bond donors (Lipinski definition) is 1. The highest BCUT2D eigenvalue weighted by atomic mass is 32.1. The summed E-state index contributed by atoms with van der Waals surface area (Å²) in [6.45, 7) is 3.22. The zero-order chi connectivity index (χ0) is 12.1. The standard InChI is InChI=1S/C14H20N2S/c1-2-11-4-3-5-12(8-11)16-10-14-7-6-13(9-15)17-14/h6-7,11-12,16H,2-5,8,10H2,1H3. The molecule has 2 rings (SSSR count). The largest absolute Gasteiger partial charge is 0.309 e. The Labute approximate surface area is 108 Å². The summed E-state index contributed by atoms with van der Waals surface area (Å²) in [5.41, 5.74) is 0. The summed E-state index contributed by atoms with van der Waals surface area (Å²) in [5, 5.41) is 12.4. The van der Waals surface area contributed by atoms with Gasteiger partial charge in [0, 0.05) is 17.5 Å². The predicted octanol–water partition coefficient (Wildman–Crippen LogP) is 3.68. The van der Waals surface area contributed by atoms with Gasteiger partial charge in [0.1, 0.15) is 10.9 Å². The number of hydrogen-bond acceptors (Lipinski definition) is 3. The minimum Gasteiger partial charge on any atom is -0.309 e. The summed E-state index contributed by atoms with van der Waals surface area (Å²) in [6, 6.07) is 6.85. The predicted molar refractivity (Wildman–Crippen MR) is 71.9 cm³/mol. The van der Waals surface area contributed by atoms with Crippen LogP contribution in [0.25, 0.3) is 0 Å². The first-order valence-electron chi connectivity index (χ1n) is 6.54. The molecule has 2 atom stereocenters. The van der Waals surface area contributed by atoms with Gasteiger partial charge < -0.3 is 5.32 Å². The van der Waals surface area contributed by atoms with Crippen LogP contribution in [0.2, 0.25) is 0 Å². The molecule has 0 radical (unpaired) electrons. The van der Waals surface area contributed by atoms with Gasteiger partial charge in [0.25, 0.3) is 0 Å². The van der Waals surface area contributed by atoms with Crippen LogP contribution in [0, 0.1) is 17.2 Å². The normalized spacial score (nSPS) is 24.5. The monoisotopic (exact) mass is 248 g/mol. The third kappa shape index (κ3) is 3.55. The van der Waals surface area contributed by atoms with E-state index in [0.29, 0.717) is 6.04 Å². The van der Waals surface area contributed by atoms with Crippen LogP contribution in [0.1, 0.15) is 48.8 Å². The molecule has 0 aromatic carbocycles. The van der Waals surface area contributed by atoms with E-state index in [4.69, 9.17) is 5.26 Å². The average molecular weight is 248 g/mol. The minimum absolute atomic E-state index is 0.682. The Kier molecular flexibility index (Phi) is 4.58. The molecule has 1 aliphatic rings. The zero-order valence-electron chi connectivity index (χ0n) is 10.4. The van der Waals surface area contributed by atoms with E-state index in [1.165, 1.54) is 37.0 Å². The molecule has 1 aromatic rings. The van der Waals surface area contributed by atoms with E-state index in [-0.39, 0.29) is 0 Å². The smallest absolute Gasteiger partial charge is 0.110 e. The van der Waals surface area contributed by atoms with Gasteiger partial charge in [-0.2, -0.15) is 5.26 Å².